The Bertz CT molecular complexity index is 503. The molecule has 1 rings (SSSR count). The van der Waals surface area contributed by atoms with Crippen LogP contribution in [0, 0.1) is 0 Å². The van der Waals surface area contributed by atoms with Crippen LogP contribution in [-0.4, -0.2) is 36.2 Å². The summed E-state index contributed by atoms with van der Waals surface area (Å²) in [6.07, 6.45) is 0.734. The minimum absolute atomic E-state index is 0.103. The molecule has 0 atom stereocenters. The van der Waals surface area contributed by atoms with Gasteiger partial charge < -0.3 is 19.7 Å². The Morgan fingerprint density at radius 1 is 1.28 bits per heavy atom. The van der Waals surface area contributed by atoms with Crippen LogP contribution in [0.5, 0.6) is 11.5 Å². The van der Waals surface area contributed by atoms with Gasteiger partial charge in [0, 0.05) is 11.6 Å². The third kappa shape index (κ3) is 3.00. The monoisotopic (exact) mass is 252 g/mol. The Morgan fingerprint density at radius 2 is 1.94 bits per heavy atom. The Kier molecular flexibility index (Phi) is 4.31. The molecule has 0 radical (unpaired) electrons. The molecule has 6 nitrogen and oxygen atoms in total. The third-order valence-electron chi connectivity index (χ3n) is 2.13. The van der Waals surface area contributed by atoms with Gasteiger partial charge in [-0.2, -0.15) is 0 Å². The molecule has 0 saturated carbocycles. The average Bonchev–Trinajstić information content (AvgIpc) is 2.37. The number of ether oxygens (including phenoxy) is 2. The summed E-state index contributed by atoms with van der Waals surface area (Å²) in [6.45, 7) is 0. The SMILES string of the molecule is COC(=O)C(=O)/C=C(\O)c1ccc(O)c(OC)c1. The van der Waals surface area contributed by atoms with Crippen LogP contribution in [0.15, 0.2) is 24.3 Å². The number of benzene rings is 1. The molecule has 1 aromatic rings. The van der Waals surface area contributed by atoms with Crippen molar-refractivity contribution in [3.8, 4) is 11.5 Å². The number of hydrogen-bond donors (Lipinski definition) is 2. The van der Waals surface area contributed by atoms with Crippen LogP contribution in [-0.2, 0) is 14.3 Å². The molecule has 0 aliphatic heterocycles. The largest absolute Gasteiger partial charge is 0.507 e. The summed E-state index contributed by atoms with van der Waals surface area (Å²) in [5, 5.41) is 19.0. The molecule has 0 spiro atoms. The molecule has 0 aliphatic rings. The van der Waals surface area contributed by atoms with Gasteiger partial charge in [0.15, 0.2) is 11.5 Å². The van der Waals surface area contributed by atoms with E-state index in [-0.39, 0.29) is 17.1 Å². The highest BCUT2D eigenvalue weighted by molar-refractivity contribution is 6.39. The number of carbonyl (C=O) groups is 2. The van der Waals surface area contributed by atoms with E-state index in [0.717, 1.165) is 13.2 Å². The molecule has 0 bridgehead atoms. The Morgan fingerprint density at radius 3 is 2.50 bits per heavy atom. The second-order valence-electron chi connectivity index (χ2n) is 3.27. The van der Waals surface area contributed by atoms with Crippen molar-refractivity contribution in [1.29, 1.82) is 0 Å². The van der Waals surface area contributed by atoms with Gasteiger partial charge in [-0.1, -0.05) is 0 Å². The van der Waals surface area contributed by atoms with E-state index in [4.69, 9.17) is 4.74 Å². The van der Waals surface area contributed by atoms with Crippen molar-refractivity contribution in [2.75, 3.05) is 14.2 Å². The molecule has 6 heteroatoms. The van der Waals surface area contributed by atoms with Crippen molar-refractivity contribution < 1.29 is 29.3 Å². The first-order valence-electron chi connectivity index (χ1n) is 4.90. The highest BCUT2D eigenvalue weighted by atomic mass is 16.5. The smallest absolute Gasteiger partial charge is 0.378 e. The van der Waals surface area contributed by atoms with Crippen LogP contribution >= 0.6 is 0 Å². The predicted molar refractivity (Wildman–Crippen MR) is 62.3 cm³/mol. The number of esters is 1. The quantitative estimate of drug-likeness (QED) is 0.360. The summed E-state index contributed by atoms with van der Waals surface area (Å²) in [7, 11) is 2.41. The summed E-state index contributed by atoms with van der Waals surface area (Å²) in [4.78, 5) is 22.1. The van der Waals surface area contributed by atoms with Crippen molar-refractivity contribution in [3.05, 3.63) is 29.8 Å². The maximum Gasteiger partial charge on any atom is 0.378 e. The number of methoxy groups -OCH3 is 2. The molecule has 2 N–H and O–H groups in total. The molecule has 0 saturated heterocycles. The van der Waals surface area contributed by atoms with Gasteiger partial charge in [-0.25, -0.2) is 4.79 Å². The van der Waals surface area contributed by atoms with Crippen molar-refractivity contribution >= 4 is 17.5 Å². The van der Waals surface area contributed by atoms with Gasteiger partial charge in [0.05, 0.1) is 14.2 Å². The predicted octanol–water partition coefficient (Wildman–Crippen LogP) is 1.04. The highest BCUT2D eigenvalue weighted by Crippen LogP contribution is 2.28. The molecule has 0 aromatic heterocycles. The van der Waals surface area contributed by atoms with E-state index >= 15 is 0 Å². The van der Waals surface area contributed by atoms with E-state index in [1.165, 1.54) is 25.3 Å². The van der Waals surface area contributed by atoms with Crippen molar-refractivity contribution in [1.82, 2.24) is 0 Å². The zero-order valence-corrected chi connectivity index (χ0v) is 9.84. The summed E-state index contributed by atoms with van der Waals surface area (Å²) < 4.78 is 9.05. The number of carbonyl (C=O) groups excluding carboxylic acids is 2. The summed E-state index contributed by atoms with van der Waals surface area (Å²) >= 11 is 0. The molecule has 0 heterocycles. The molecular weight excluding hydrogens is 240 g/mol. The van der Waals surface area contributed by atoms with Crippen LogP contribution in [0.2, 0.25) is 0 Å². The fourth-order valence-corrected chi connectivity index (χ4v) is 1.20. The molecule has 0 aliphatic carbocycles. The first-order chi connectivity index (χ1) is 8.49. The lowest BCUT2D eigenvalue weighted by atomic mass is 10.1. The summed E-state index contributed by atoms with van der Waals surface area (Å²) in [5.74, 6) is -2.45. The standard InChI is InChI=1S/C12H12O6/c1-17-11-5-7(3-4-8(11)13)9(14)6-10(15)12(16)18-2/h3-6,13-14H,1-2H3/b9-6-. The number of ketones is 1. The average molecular weight is 252 g/mol. The fraction of sp³-hybridized carbons (Fsp3) is 0.167. The first-order valence-corrected chi connectivity index (χ1v) is 4.90. The molecule has 0 amide bonds. The lowest BCUT2D eigenvalue weighted by Gasteiger charge is -2.05. The molecule has 1 aromatic carbocycles. The highest BCUT2D eigenvalue weighted by Gasteiger charge is 2.13. The normalized spacial score (nSPS) is 10.9. The summed E-state index contributed by atoms with van der Waals surface area (Å²) in [5.41, 5.74) is 0.224. The second kappa shape index (κ2) is 5.72. The number of phenols is 1. The van der Waals surface area contributed by atoms with Gasteiger partial charge in [-0.15, -0.1) is 0 Å². The number of rotatable bonds is 4. The fourth-order valence-electron chi connectivity index (χ4n) is 1.20. The van der Waals surface area contributed by atoms with Crippen LogP contribution < -0.4 is 4.74 Å². The van der Waals surface area contributed by atoms with E-state index in [1.54, 1.807) is 0 Å². The Balaban J connectivity index is 3.03. The number of aliphatic hydroxyl groups excluding tert-OH is 1. The van der Waals surface area contributed by atoms with Gasteiger partial charge in [0.25, 0.3) is 5.78 Å². The van der Waals surface area contributed by atoms with Gasteiger partial charge in [0.2, 0.25) is 0 Å². The van der Waals surface area contributed by atoms with E-state index in [9.17, 15) is 19.8 Å². The minimum atomic E-state index is -1.08. The third-order valence-corrected chi connectivity index (χ3v) is 2.13. The lowest BCUT2D eigenvalue weighted by Crippen LogP contribution is -2.13. The van der Waals surface area contributed by atoms with Gasteiger partial charge in [0.1, 0.15) is 5.76 Å². The number of hydrogen-bond acceptors (Lipinski definition) is 6. The van der Waals surface area contributed by atoms with Gasteiger partial charge in [-0.3, -0.25) is 4.79 Å². The number of phenolic OH excluding ortho intramolecular Hbond substituents is 1. The van der Waals surface area contributed by atoms with Crippen molar-refractivity contribution in [2.45, 2.75) is 0 Å². The topological polar surface area (TPSA) is 93.1 Å². The maximum atomic E-state index is 11.2. The maximum absolute atomic E-state index is 11.2. The molecular formula is C12H12O6. The number of aromatic hydroxyl groups is 1. The van der Waals surface area contributed by atoms with Crippen LogP contribution in [0.4, 0.5) is 0 Å². The van der Waals surface area contributed by atoms with Crippen molar-refractivity contribution in [2.24, 2.45) is 0 Å². The van der Waals surface area contributed by atoms with Crippen LogP contribution in [0.1, 0.15) is 5.56 Å². The Hall–Kier alpha value is -2.50. The second-order valence-corrected chi connectivity index (χ2v) is 3.27. The molecule has 0 fully saturated rings. The first kappa shape index (κ1) is 13.6. The van der Waals surface area contributed by atoms with E-state index in [1.807, 2.05) is 0 Å². The van der Waals surface area contributed by atoms with E-state index in [2.05, 4.69) is 4.74 Å². The zero-order valence-electron chi connectivity index (χ0n) is 9.84. The zero-order chi connectivity index (χ0) is 13.7. The number of aliphatic hydroxyl groups is 1. The van der Waals surface area contributed by atoms with E-state index in [0.29, 0.717) is 0 Å². The molecule has 0 unspecified atom stereocenters. The summed E-state index contributed by atoms with van der Waals surface area (Å²) in [6, 6.07) is 3.99. The van der Waals surface area contributed by atoms with Gasteiger partial charge >= 0.3 is 5.97 Å². The lowest BCUT2D eigenvalue weighted by molar-refractivity contribution is -0.149. The Labute approximate surface area is 103 Å². The van der Waals surface area contributed by atoms with Crippen LogP contribution in [0.3, 0.4) is 0 Å². The van der Waals surface area contributed by atoms with Crippen LogP contribution in [0.25, 0.3) is 5.76 Å². The minimum Gasteiger partial charge on any atom is -0.507 e. The van der Waals surface area contributed by atoms with Gasteiger partial charge in [-0.05, 0) is 18.2 Å². The van der Waals surface area contributed by atoms with Crippen molar-refractivity contribution in [3.63, 3.8) is 0 Å². The van der Waals surface area contributed by atoms with E-state index < -0.39 is 17.5 Å². The molecule has 18 heavy (non-hydrogen) atoms. The molecule has 96 valence electrons.